The van der Waals surface area contributed by atoms with Gasteiger partial charge in [0.05, 0.1) is 5.92 Å². The number of hydrogen-bond acceptors (Lipinski definition) is 7. The van der Waals surface area contributed by atoms with Crippen molar-refractivity contribution in [1.29, 1.82) is 0 Å². The summed E-state index contributed by atoms with van der Waals surface area (Å²) in [7, 11) is 0. The van der Waals surface area contributed by atoms with Crippen molar-refractivity contribution in [2.45, 2.75) is 70.0 Å². The van der Waals surface area contributed by atoms with Crippen LogP contribution in [0.1, 0.15) is 51.4 Å². The summed E-state index contributed by atoms with van der Waals surface area (Å²) in [6, 6.07) is 0.581. The Labute approximate surface area is 184 Å². The van der Waals surface area contributed by atoms with E-state index in [9.17, 15) is 14.4 Å². The summed E-state index contributed by atoms with van der Waals surface area (Å²) in [4.78, 5) is 48.7. The largest absolute Gasteiger partial charge is 0.353 e. The first-order valence-electron chi connectivity index (χ1n) is 11.3. The Morgan fingerprint density at radius 2 is 1.84 bits per heavy atom. The summed E-state index contributed by atoms with van der Waals surface area (Å²) in [6.07, 6.45) is 9.65. The molecule has 2 aromatic rings. The number of nitrogens with one attached hydrogen (secondary N) is 2. The third-order valence-corrected chi connectivity index (χ3v) is 7.49. The lowest BCUT2D eigenvalue weighted by atomic mass is 9.97. The molecule has 166 valence electrons. The second kappa shape index (κ2) is 8.57. The van der Waals surface area contributed by atoms with Gasteiger partial charge in [0.15, 0.2) is 10.8 Å². The van der Waals surface area contributed by atoms with E-state index in [2.05, 4.69) is 25.5 Å². The first-order valence-corrected chi connectivity index (χ1v) is 12.1. The van der Waals surface area contributed by atoms with Crippen molar-refractivity contribution in [1.82, 2.24) is 25.2 Å². The van der Waals surface area contributed by atoms with E-state index in [1.807, 2.05) is 0 Å². The molecule has 3 fully saturated rings. The Morgan fingerprint density at radius 3 is 2.61 bits per heavy atom. The van der Waals surface area contributed by atoms with Crippen LogP contribution < -0.4 is 21.1 Å². The zero-order valence-electron chi connectivity index (χ0n) is 17.5. The standard InChI is InChI=1S/C21H28N6O3S/c28-16(23-14-5-1-2-6-14)11-27-12-22-18-17(20(27)30)31-21(25-18)26-9-3-4-13(10-26)19(29)24-15-7-8-15/h12-15H,1-11H2,(H,23,28)(H,24,29)/t13-/m1/s1. The lowest BCUT2D eigenvalue weighted by molar-refractivity contribution is -0.125. The number of piperidine rings is 1. The number of fused-ring (bicyclic) bond motifs is 1. The molecule has 10 heteroatoms. The van der Waals surface area contributed by atoms with Crippen LogP contribution in [0.4, 0.5) is 5.13 Å². The quantitative estimate of drug-likeness (QED) is 0.697. The fourth-order valence-corrected chi connectivity index (χ4v) is 5.50. The van der Waals surface area contributed by atoms with Crippen LogP contribution in [-0.2, 0) is 16.1 Å². The molecule has 2 N–H and O–H groups in total. The number of carbonyl (C=O) groups is 2. The molecular formula is C21H28N6O3S. The molecule has 0 aromatic carbocycles. The van der Waals surface area contributed by atoms with E-state index in [1.165, 1.54) is 22.2 Å². The molecule has 0 spiro atoms. The highest BCUT2D eigenvalue weighted by molar-refractivity contribution is 7.22. The summed E-state index contributed by atoms with van der Waals surface area (Å²) >= 11 is 1.30. The molecule has 0 unspecified atom stereocenters. The molecule has 1 aliphatic heterocycles. The van der Waals surface area contributed by atoms with Gasteiger partial charge < -0.3 is 15.5 Å². The summed E-state index contributed by atoms with van der Waals surface area (Å²) in [5.74, 6) is -0.0761. The first-order chi connectivity index (χ1) is 15.1. The number of thiazole rings is 1. The predicted molar refractivity (Wildman–Crippen MR) is 118 cm³/mol. The topological polar surface area (TPSA) is 109 Å². The molecule has 2 amide bonds. The summed E-state index contributed by atoms with van der Waals surface area (Å²) in [5, 5.41) is 6.82. The third-order valence-electron chi connectivity index (χ3n) is 6.39. The van der Waals surface area contributed by atoms with Gasteiger partial charge in [0.25, 0.3) is 5.56 Å². The number of amides is 2. The van der Waals surface area contributed by atoms with E-state index in [-0.39, 0.29) is 35.9 Å². The molecule has 3 aliphatic rings. The van der Waals surface area contributed by atoms with Crippen LogP contribution in [0.5, 0.6) is 0 Å². The zero-order chi connectivity index (χ0) is 21.4. The highest BCUT2D eigenvalue weighted by atomic mass is 32.1. The molecule has 2 aliphatic carbocycles. The van der Waals surface area contributed by atoms with Gasteiger partial charge in [0.1, 0.15) is 17.6 Å². The van der Waals surface area contributed by atoms with Gasteiger partial charge in [-0.3, -0.25) is 19.0 Å². The minimum absolute atomic E-state index is 0.0291. The summed E-state index contributed by atoms with van der Waals surface area (Å²) < 4.78 is 1.81. The highest BCUT2D eigenvalue weighted by Crippen LogP contribution is 2.30. The van der Waals surface area contributed by atoms with E-state index < -0.39 is 0 Å². The second-order valence-electron chi connectivity index (χ2n) is 8.94. The maximum absolute atomic E-state index is 12.9. The van der Waals surface area contributed by atoms with Crippen LogP contribution in [0.15, 0.2) is 11.1 Å². The number of rotatable bonds is 6. The fourth-order valence-electron chi connectivity index (χ4n) is 4.49. The Kier molecular flexibility index (Phi) is 5.64. The number of hydrogen-bond donors (Lipinski definition) is 2. The van der Waals surface area contributed by atoms with E-state index >= 15 is 0 Å². The molecule has 5 rings (SSSR count). The maximum Gasteiger partial charge on any atom is 0.273 e. The van der Waals surface area contributed by atoms with Crippen LogP contribution in [0.2, 0.25) is 0 Å². The van der Waals surface area contributed by atoms with E-state index in [1.54, 1.807) is 0 Å². The molecule has 31 heavy (non-hydrogen) atoms. The van der Waals surface area contributed by atoms with Crippen molar-refractivity contribution in [3.8, 4) is 0 Å². The summed E-state index contributed by atoms with van der Waals surface area (Å²) in [6.45, 7) is 1.39. The zero-order valence-corrected chi connectivity index (χ0v) is 18.3. The number of carbonyl (C=O) groups excluding carboxylic acids is 2. The molecular weight excluding hydrogens is 416 g/mol. The van der Waals surface area contributed by atoms with Crippen LogP contribution in [-0.4, -0.2) is 51.5 Å². The van der Waals surface area contributed by atoms with Gasteiger partial charge in [-0.05, 0) is 38.5 Å². The van der Waals surface area contributed by atoms with Gasteiger partial charge in [-0.15, -0.1) is 0 Å². The Balaban J connectivity index is 1.29. The van der Waals surface area contributed by atoms with E-state index in [0.29, 0.717) is 22.9 Å². The van der Waals surface area contributed by atoms with Crippen LogP contribution in [0.25, 0.3) is 10.3 Å². The number of aromatic nitrogens is 3. The average molecular weight is 445 g/mol. The van der Waals surface area contributed by atoms with Gasteiger partial charge in [0, 0.05) is 25.2 Å². The Bertz CT molecular complexity index is 1040. The third kappa shape index (κ3) is 4.58. The van der Waals surface area contributed by atoms with Crippen LogP contribution in [0, 0.1) is 5.92 Å². The maximum atomic E-state index is 12.9. The van der Waals surface area contributed by atoms with Crippen molar-refractivity contribution >= 4 is 38.6 Å². The first kappa shape index (κ1) is 20.4. The molecule has 2 saturated carbocycles. The lowest BCUT2D eigenvalue weighted by Crippen LogP contribution is -2.43. The highest BCUT2D eigenvalue weighted by Gasteiger charge is 2.31. The minimum Gasteiger partial charge on any atom is -0.353 e. The van der Waals surface area contributed by atoms with Crippen molar-refractivity contribution in [3.63, 3.8) is 0 Å². The molecule has 1 saturated heterocycles. The molecule has 2 aromatic heterocycles. The van der Waals surface area contributed by atoms with Gasteiger partial charge in [0.2, 0.25) is 11.8 Å². The fraction of sp³-hybridized carbons (Fsp3) is 0.667. The number of nitrogens with zero attached hydrogens (tertiary/aromatic N) is 4. The minimum atomic E-state index is -0.240. The lowest BCUT2D eigenvalue weighted by Gasteiger charge is -2.31. The Morgan fingerprint density at radius 1 is 1.06 bits per heavy atom. The molecule has 3 heterocycles. The number of anilines is 1. The Hall–Kier alpha value is -2.49. The van der Waals surface area contributed by atoms with Gasteiger partial charge in [-0.25, -0.2) is 4.98 Å². The van der Waals surface area contributed by atoms with Gasteiger partial charge in [-0.2, -0.15) is 4.98 Å². The SMILES string of the molecule is O=C(Cn1cnc2nc(N3CCC[C@@H](C(=O)NC4CC4)C3)sc2c1=O)NC1CCCC1. The van der Waals surface area contributed by atoms with Crippen molar-refractivity contribution in [2.75, 3.05) is 18.0 Å². The molecule has 9 nitrogen and oxygen atoms in total. The molecule has 0 bridgehead atoms. The monoisotopic (exact) mass is 444 g/mol. The van der Waals surface area contributed by atoms with Crippen molar-refractivity contribution < 1.29 is 9.59 Å². The smallest absolute Gasteiger partial charge is 0.273 e. The van der Waals surface area contributed by atoms with Crippen LogP contribution >= 0.6 is 11.3 Å². The average Bonchev–Trinajstić information content (AvgIpc) is 3.24. The van der Waals surface area contributed by atoms with Gasteiger partial charge >= 0.3 is 0 Å². The second-order valence-corrected chi connectivity index (χ2v) is 9.92. The van der Waals surface area contributed by atoms with E-state index in [0.717, 1.165) is 63.0 Å². The van der Waals surface area contributed by atoms with Crippen LogP contribution in [0.3, 0.4) is 0 Å². The molecule has 0 radical (unpaired) electrons. The van der Waals surface area contributed by atoms with E-state index in [4.69, 9.17) is 0 Å². The normalized spacial score (nSPS) is 22.1. The van der Waals surface area contributed by atoms with Crippen molar-refractivity contribution in [3.05, 3.63) is 16.7 Å². The predicted octanol–water partition coefficient (Wildman–Crippen LogP) is 1.41. The summed E-state index contributed by atoms with van der Waals surface area (Å²) in [5.41, 5.74) is 0.164. The molecule has 1 atom stereocenters. The van der Waals surface area contributed by atoms with Gasteiger partial charge in [-0.1, -0.05) is 24.2 Å². The van der Waals surface area contributed by atoms with Crippen molar-refractivity contribution in [2.24, 2.45) is 5.92 Å².